The Morgan fingerprint density at radius 1 is 1.04 bits per heavy atom. The first-order valence-corrected chi connectivity index (χ1v) is 8.74. The molecule has 130 valence electrons. The molecule has 25 heavy (non-hydrogen) atoms. The minimum Gasteiger partial charge on any atom is -0.485 e. The normalized spacial score (nSPS) is 20.6. The van der Waals surface area contributed by atoms with Gasteiger partial charge in [-0.15, -0.1) is 0 Å². The van der Waals surface area contributed by atoms with Crippen molar-refractivity contribution in [3.05, 3.63) is 59.7 Å². The summed E-state index contributed by atoms with van der Waals surface area (Å²) in [5, 5.41) is 2.91. The molecule has 1 amide bonds. The van der Waals surface area contributed by atoms with Crippen LogP contribution < -0.4 is 14.8 Å². The van der Waals surface area contributed by atoms with Crippen LogP contribution in [0.4, 0.5) is 0 Å². The summed E-state index contributed by atoms with van der Waals surface area (Å²) in [5.74, 6) is 1.75. The number of nitrogens with zero attached hydrogens (tertiary/aromatic N) is 1. The second-order valence-electron chi connectivity index (χ2n) is 6.48. The summed E-state index contributed by atoms with van der Waals surface area (Å²) < 4.78 is 11.8. The van der Waals surface area contributed by atoms with Crippen LogP contribution in [0.2, 0.25) is 0 Å². The van der Waals surface area contributed by atoms with Crippen LogP contribution in [0.1, 0.15) is 23.7 Å². The van der Waals surface area contributed by atoms with Crippen LogP contribution in [0.15, 0.2) is 48.5 Å². The van der Waals surface area contributed by atoms with Gasteiger partial charge in [-0.3, -0.25) is 9.69 Å². The summed E-state index contributed by atoms with van der Waals surface area (Å²) in [7, 11) is 0. The maximum Gasteiger partial charge on any atom is 0.221 e. The minimum atomic E-state index is -0.0797. The number of nitrogens with one attached hydrogen (secondary N) is 1. The molecule has 2 aliphatic heterocycles. The van der Waals surface area contributed by atoms with Gasteiger partial charge in [0, 0.05) is 32.6 Å². The SMILES string of the molecule is O=C1CCN(Cc2ccc(C3COc4ccccc4O3)cc2)CCN1. The molecule has 1 atom stereocenters. The highest BCUT2D eigenvalue weighted by molar-refractivity contribution is 5.76. The summed E-state index contributed by atoms with van der Waals surface area (Å²) in [6, 6.07) is 16.3. The second kappa shape index (κ2) is 7.15. The fourth-order valence-corrected chi connectivity index (χ4v) is 3.25. The highest BCUT2D eigenvalue weighted by Gasteiger charge is 2.22. The van der Waals surface area contributed by atoms with Crippen LogP contribution in [0.25, 0.3) is 0 Å². The maximum atomic E-state index is 11.4. The van der Waals surface area contributed by atoms with Crippen molar-refractivity contribution in [2.75, 3.05) is 26.2 Å². The number of carbonyl (C=O) groups excluding carboxylic acids is 1. The average Bonchev–Trinajstić information content (AvgIpc) is 2.86. The molecule has 0 aliphatic carbocycles. The van der Waals surface area contributed by atoms with E-state index in [4.69, 9.17) is 9.47 Å². The molecular formula is C20H22N2O3. The number of rotatable bonds is 3. The largest absolute Gasteiger partial charge is 0.485 e. The first kappa shape index (κ1) is 16.0. The Kier molecular flexibility index (Phi) is 4.57. The smallest absolute Gasteiger partial charge is 0.221 e. The number of para-hydroxylation sites is 2. The van der Waals surface area contributed by atoms with Crippen LogP contribution in [0.5, 0.6) is 11.5 Å². The Bertz CT molecular complexity index is 745. The monoisotopic (exact) mass is 338 g/mol. The van der Waals surface area contributed by atoms with Crippen LogP contribution >= 0.6 is 0 Å². The second-order valence-corrected chi connectivity index (χ2v) is 6.48. The van der Waals surface area contributed by atoms with Gasteiger partial charge in [0.1, 0.15) is 6.61 Å². The van der Waals surface area contributed by atoms with Gasteiger partial charge in [0.25, 0.3) is 0 Å². The van der Waals surface area contributed by atoms with Crippen LogP contribution in [0.3, 0.4) is 0 Å². The van der Waals surface area contributed by atoms with E-state index in [1.807, 2.05) is 24.3 Å². The highest BCUT2D eigenvalue weighted by Crippen LogP contribution is 2.35. The summed E-state index contributed by atoms with van der Waals surface area (Å²) in [6.45, 7) is 3.81. The molecule has 4 rings (SSSR count). The van der Waals surface area contributed by atoms with Gasteiger partial charge < -0.3 is 14.8 Å². The van der Waals surface area contributed by atoms with E-state index in [0.717, 1.165) is 43.2 Å². The first-order valence-electron chi connectivity index (χ1n) is 8.74. The molecule has 0 bridgehead atoms. The molecule has 0 aromatic heterocycles. The van der Waals surface area contributed by atoms with E-state index in [9.17, 15) is 4.79 Å². The molecule has 0 radical (unpaired) electrons. The average molecular weight is 338 g/mol. The molecule has 0 saturated carbocycles. The van der Waals surface area contributed by atoms with Gasteiger partial charge in [-0.25, -0.2) is 0 Å². The van der Waals surface area contributed by atoms with Crippen LogP contribution in [-0.2, 0) is 11.3 Å². The lowest BCUT2D eigenvalue weighted by Crippen LogP contribution is -2.28. The third-order valence-electron chi connectivity index (χ3n) is 4.67. The van der Waals surface area contributed by atoms with Gasteiger partial charge in [-0.05, 0) is 23.3 Å². The Morgan fingerprint density at radius 2 is 1.84 bits per heavy atom. The van der Waals surface area contributed by atoms with Crippen LogP contribution in [0, 0.1) is 0 Å². The number of carbonyl (C=O) groups is 1. The number of fused-ring (bicyclic) bond motifs is 1. The molecule has 0 spiro atoms. The van der Waals surface area contributed by atoms with Gasteiger partial charge >= 0.3 is 0 Å². The number of amides is 1. The molecule has 5 heteroatoms. The number of benzene rings is 2. The van der Waals surface area contributed by atoms with Crippen molar-refractivity contribution in [2.24, 2.45) is 0 Å². The van der Waals surface area contributed by atoms with Crippen molar-refractivity contribution in [3.63, 3.8) is 0 Å². The number of hydrogen-bond donors (Lipinski definition) is 1. The molecular weight excluding hydrogens is 316 g/mol. The molecule has 1 N–H and O–H groups in total. The molecule has 2 aromatic carbocycles. The minimum absolute atomic E-state index is 0.0797. The molecule has 1 saturated heterocycles. The predicted molar refractivity (Wildman–Crippen MR) is 94.7 cm³/mol. The fraction of sp³-hybridized carbons (Fsp3) is 0.350. The summed E-state index contributed by atoms with van der Waals surface area (Å²) in [5.41, 5.74) is 2.36. The van der Waals surface area contributed by atoms with Gasteiger partial charge in [0.05, 0.1) is 0 Å². The number of hydrogen-bond acceptors (Lipinski definition) is 4. The molecule has 2 aliphatic rings. The van der Waals surface area contributed by atoms with Crippen molar-refractivity contribution in [2.45, 2.75) is 19.1 Å². The quantitative estimate of drug-likeness (QED) is 0.934. The van der Waals surface area contributed by atoms with Crippen molar-refractivity contribution in [1.29, 1.82) is 0 Å². The zero-order valence-electron chi connectivity index (χ0n) is 14.1. The van der Waals surface area contributed by atoms with Crippen LogP contribution in [-0.4, -0.2) is 37.0 Å². The van der Waals surface area contributed by atoms with Gasteiger partial charge in [-0.1, -0.05) is 36.4 Å². The van der Waals surface area contributed by atoms with Gasteiger partial charge in [0.2, 0.25) is 5.91 Å². The Labute approximate surface area is 147 Å². The standard InChI is InChI=1S/C20H22N2O3/c23-20-9-11-22(12-10-21-20)13-15-5-7-16(8-6-15)19-14-24-17-3-1-2-4-18(17)25-19/h1-8,19H,9-14H2,(H,21,23). The van der Waals surface area contributed by atoms with E-state index in [2.05, 4.69) is 34.5 Å². The Morgan fingerprint density at radius 3 is 2.68 bits per heavy atom. The molecule has 2 heterocycles. The Balaban J connectivity index is 1.40. The lowest BCUT2D eigenvalue weighted by molar-refractivity contribution is -0.120. The van der Waals surface area contributed by atoms with E-state index < -0.39 is 0 Å². The third-order valence-corrected chi connectivity index (χ3v) is 4.67. The summed E-state index contributed by atoms with van der Waals surface area (Å²) in [6.07, 6.45) is 0.494. The van der Waals surface area contributed by atoms with E-state index in [1.54, 1.807) is 0 Å². The van der Waals surface area contributed by atoms with Gasteiger partial charge in [-0.2, -0.15) is 0 Å². The molecule has 1 unspecified atom stereocenters. The maximum absolute atomic E-state index is 11.4. The lowest BCUT2D eigenvalue weighted by Gasteiger charge is -2.27. The van der Waals surface area contributed by atoms with E-state index in [0.29, 0.717) is 13.0 Å². The molecule has 1 fully saturated rings. The van der Waals surface area contributed by atoms with E-state index in [-0.39, 0.29) is 12.0 Å². The first-order chi connectivity index (χ1) is 12.3. The number of ether oxygens (including phenoxy) is 2. The topological polar surface area (TPSA) is 50.8 Å². The zero-order valence-corrected chi connectivity index (χ0v) is 14.1. The van der Waals surface area contributed by atoms with Crippen molar-refractivity contribution in [3.8, 4) is 11.5 Å². The van der Waals surface area contributed by atoms with E-state index in [1.165, 1.54) is 5.56 Å². The molecule has 5 nitrogen and oxygen atoms in total. The Hall–Kier alpha value is -2.53. The van der Waals surface area contributed by atoms with Crippen molar-refractivity contribution in [1.82, 2.24) is 10.2 Å². The van der Waals surface area contributed by atoms with E-state index >= 15 is 0 Å². The lowest BCUT2D eigenvalue weighted by atomic mass is 10.1. The predicted octanol–water partition coefficient (Wildman–Crippen LogP) is 2.52. The zero-order chi connectivity index (χ0) is 17.1. The summed E-state index contributed by atoms with van der Waals surface area (Å²) in [4.78, 5) is 13.7. The van der Waals surface area contributed by atoms with Crippen molar-refractivity contribution < 1.29 is 14.3 Å². The van der Waals surface area contributed by atoms with Crippen molar-refractivity contribution >= 4 is 5.91 Å². The highest BCUT2D eigenvalue weighted by atomic mass is 16.6. The summed E-state index contributed by atoms with van der Waals surface area (Å²) >= 11 is 0. The molecule has 2 aromatic rings. The van der Waals surface area contributed by atoms with Gasteiger partial charge in [0.15, 0.2) is 17.6 Å². The fourth-order valence-electron chi connectivity index (χ4n) is 3.25. The third kappa shape index (κ3) is 3.77.